The van der Waals surface area contributed by atoms with E-state index < -0.39 is 0 Å². The van der Waals surface area contributed by atoms with Gasteiger partial charge in [-0.2, -0.15) is 0 Å². The third-order valence-corrected chi connectivity index (χ3v) is 3.04. The second-order valence-electron chi connectivity index (χ2n) is 4.19. The Morgan fingerprint density at radius 3 is 2.44 bits per heavy atom. The molecule has 0 bridgehead atoms. The maximum Gasteiger partial charge on any atom is 0.227 e. The van der Waals surface area contributed by atoms with Crippen LogP contribution in [0.3, 0.4) is 0 Å². The summed E-state index contributed by atoms with van der Waals surface area (Å²) in [6.07, 6.45) is 1.72. The van der Waals surface area contributed by atoms with Crippen molar-refractivity contribution < 1.29 is 9.47 Å². The van der Waals surface area contributed by atoms with E-state index in [0.29, 0.717) is 0 Å². The van der Waals surface area contributed by atoms with Gasteiger partial charge >= 0.3 is 0 Å². The molecule has 0 saturated carbocycles. The topological polar surface area (TPSA) is 18.5 Å². The monoisotopic (exact) mass is 238 g/mol. The predicted molar refractivity (Wildman–Crippen MR) is 71.6 cm³/mol. The number of fused-ring (bicyclic) bond motifs is 1. The molecule has 3 rings (SSSR count). The summed E-state index contributed by atoms with van der Waals surface area (Å²) in [5.41, 5.74) is 3.28. The SMILES string of the molecule is CO[C@H]1OC(c2ccccc2)=Cc2ccccc21. The van der Waals surface area contributed by atoms with Crippen molar-refractivity contribution in [3.05, 3.63) is 71.3 Å². The lowest BCUT2D eigenvalue weighted by atomic mass is 10.0. The van der Waals surface area contributed by atoms with Crippen molar-refractivity contribution in [1.29, 1.82) is 0 Å². The highest BCUT2D eigenvalue weighted by Gasteiger charge is 2.22. The number of benzene rings is 2. The van der Waals surface area contributed by atoms with Crippen LogP contribution in [0.5, 0.6) is 0 Å². The van der Waals surface area contributed by atoms with Gasteiger partial charge in [0.2, 0.25) is 6.29 Å². The minimum Gasteiger partial charge on any atom is -0.460 e. The van der Waals surface area contributed by atoms with Crippen molar-refractivity contribution in [2.45, 2.75) is 6.29 Å². The van der Waals surface area contributed by atoms with Gasteiger partial charge in [-0.1, -0.05) is 54.6 Å². The molecule has 2 heteroatoms. The van der Waals surface area contributed by atoms with Gasteiger partial charge in [0.05, 0.1) is 0 Å². The molecule has 0 saturated heterocycles. The van der Waals surface area contributed by atoms with Crippen LogP contribution in [0.15, 0.2) is 54.6 Å². The first-order valence-corrected chi connectivity index (χ1v) is 5.94. The smallest absolute Gasteiger partial charge is 0.227 e. The van der Waals surface area contributed by atoms with Gasteiger partial charge in [0.25, 0.3) is 0 Å². The van der Waals surface area contributed by atoms with Crippen molar-refractivity contribution in [3.63, 3.8) is 0 Å². The lowest BCUT2D eigenvalue weighted by molar-refractivity contribution is -0.0765. The van der Waals surface area contributed by atoms with Crippen LogP contribution in [0.4, 0.5) is 0 Å². The molecule has 18 heavy (non-hydrogen) atoms. The minimum atomic E-state index is -0.332. The summed E-state index contributed by atoms with van der Waals surface area (Å²) >= 11 is 0. The molecule has 1 heterocycles. The molecule has 1 aliphatic heterocycles. The Labute approximate surface area is 106 Å². The summed E-state index contributed by atoms with van der Waals surface area (Å²) in [6.45, 7) is 0. The normalized spacial score (nSPS) is 17.6. The molecule has 1 atom stereocenters. The molecule has 0 aliphatic carbocycles. The highest BCUT2D eigenvalue weighted by atomic mass is 16.7. The Morgan fingerprint density at radius 2 is 1.67 bits per heavy atom. The molecule has 1 aliphatic rings. The Kier molecular flexibility index (Phi) is 2.87. The molecule has 2 aromatic carbocycles. The lowest BCUT2D eigenvalue weighted by Gasteiger charge is -2.25. The van der Waals surface area contributed by atoms with Crippen LogP contribution >= 0.6 is 0 Å². The van der Waals surface area contributed by atoms with Crippen molar-refractivity contribution in [2.75, 3.05) is 7.11 Å². The van der Waals surface area contributed by atoms with Crippen molar-refractivity contribution in [2.24, 2.45) is 0 Å². The predicted octanol–water partition coefficient (Wildman–Crippen LogP) is 3.86. The van der Waals surface area contributed by atoms with Gasteiger partial charge < -0.3 is 9.47 Å². The molecule has 2 aromatic rings. The van der Waals surface area contributed by atoms with E-state index >= 15 is 0 Å². The average molecular weight is 238 g/mol. The van der Waals surface area contributed by atoms with E-state index in [1.54, 1.807) is 7.11 Å². The zero-order chi connectivity index (χ0) is 12.4. The van der Waals surface area contributed by atoms with Gasteiger partial charge in [0.1, 0.15) is 5.76 Å². The van der Waals surface area contributed by atoms with E-state index in [2.05, 4.69) is 12.1 Å². The number of ether oxygens (including phenoxy) is 2. The van der Waals surface area contributed by atoms with Crippen LogP contribution < -0.4 is 0 Å². The molecule has 0 radical (unpaired) electrons. The van der Waals surface area contributed by atoms with Gasteiger partial charge in [-0.15, -0.1) is 0 Å². The maximum absolute atomic E-state index is 5.89. The van der Waals surface area contributed by atoms with Gasteiger partial charge in [-0.05, 0) is 11.6 Å². The first-order valence-electron chi connectivity index (χ1n) is 5.94. The first-order chi connectivity index (χ1) is 8.88. The summed E-state index contributed by atoms with van der Waals surface area (Å²) in [6, 6.07) is 18.2. The minimum absolute atomic E-state index is 0.332. The molecule has 0 N–H and O–H groups in total. The summed E-state index contributed by atoms with van der Waals surface area (Å²) in [7, 11) is 1.66. The Balaban J connectivity index is 2.07. The molecular formula is C16H14O2. The largest absolute Gasteiger partial charge is 0.460 e. The summed E-state index contributed by atoms with van der Waals surface area (Å²) in [5, 5.41) is 0. The van der Waals surface area contributed by atoms with Crippen molar-refractivity contribution >= 4 is 11.8 Å². The van der Waals surface area contributed by atoms with Crippen LogP contribution in [0.1, 0.15) is 23.0 Å². The molecule has 0 spiro atoms. The molecule has 90 valence electrons. The number of methoxy groups -OCH3 is 1. The molecular weight excluding hydrogens is 224 g/mol. The standard InChI is InChI=1S/C16H14O2/c1-17-16-14-10-6-5-9-13(14)11-15(18-16)12-7-3-2-4-8-12/h2-11,16H,1H3/t16-/m0/s1. The van der Waals surface area contributed by atoms with Gasteiger partial charge in [-0.3, -0.25) is 0 Å². The lowest BCUT2D eigenvalue weighted by Crippen LogP contribution is -2.11. The number of rotatable bonds is 2. The van der Waals surface area contributed by atoms with E-state index in [9.17, 15) is 0 Å². The summed E-state index contributed by atoms with van der Waals surface area (Å²) in [5.74, 6) is 0.848. The first kappa shape index (κ1) is 11.1. The van der Waals surface area contributed by atoms with Gasteiger partial charge in [-0.25, -0.2) is 0 Å². The van der Waals surface area contributed by atoms with E-state index in [4.69, 9.17) is 9.47 Å². The third kappa shape index (κ3) is 1.91. The number of hydrogen-bond acceptors (Lipinski definition) is 2. The third-order valence-electron chi connectivity index (χ3n) is 3.04. The zero-order valence-electron chi connectivity index (χ0n) is 10.2. The van der Waals surface area contributed by atoms with E-state index in [-0.39, 0.29) is 6.29 Å². The highest BCUT2D eigenvalue weighted by molar-refractivity contribution is 5.80. The Hall–Kier alpha value is -2.06. The molecule has 0 amide bonds. The molecule has 2 nitrogen and oxygen atoms in total. The van der Waals surface area contributed by atoms with E-state index in [0.717, 1.165) is 22.4 Å². The van der Waals surface area contributed by atoms with Crippen LogP contribution in [0, 0.1) is 0 Å². The van der Waals surface area contributed by atoms with Crippen LogP contribution in [0.25, 0.3) is 11.8 Å². The fraction of sp³-hybridized carbons (Fsp3) is 0.125. The summed E-state index contributed by atoms with van der Waals surface area (Å²) in [4.78, 5) is 0. The van der Waals surface area contributed by atoms with Crippen molar-refractivity contribution in [3.8, 4) is 0 Å². The van der Waals surface area contributed by atoms with Gasteiger partial charge in [0.15, 0.2) is 0 Å². The fourth-order valence-electron chi connectivity index (χ4n) is 2.14. The zero-order valence-corrected chi connectivity index (χ0v) is 10.2. The molecule has 0 aromatic heterocycles. The highest BCUT2D eigenvalue weighted by Crippen LogP contribution is 2.35. The van der Waals surface area contributed by atoms with E-state index in [1.165, 1.54) is 0 Å². The fourth-order valence-corrected chi connectivity index (χ4v) is 2.14. The van der Waals surface area contributed by atoms with Gasteiger partial charge in [0, 0.05) is 18.2 Å². The molecule has 0 unspecified atom stereocenters. The van der Waals surface area contributed by atoms with E-state index in [1.807, 2.05) is 48.5 Å². The Morgan fingerprint density at radius 1 is 0.944 bits per heavy atom. The Bertz CT molecular complexity index is 573. The van der Waals surface area contributed by atoms with Crippen LogP contribution in [0.2, 0.25) is 0 Å². The van der Waals surface area contributed by atoms with Crippen LogP contribution in [-0.2, 0) is 9.47 Å². The average Bonchev–Trinajstić information content (AvgIpc) is 2.47. The second-order valence-corrected chi connectivity index (χ2v) is 4.19. The maximum atomic E-state index is 5.89. The number of hydrogen-bond donors (Lipinski definition) is 0. The van der Waals surface area contributed by atoms with Crippen LogP contribution in [-0.4, -0.2) is 7.11 Å². The molecule has 0 fully saturated rings. The summed E-state index contributed by atoms with van der Waals surface area (Å²) < 4.78 is 11.3. The van der Waals surface area contributed by atoms with Crippen molar-refractivity contribution in [1.82, 2.24) is 0 Å². The quantitative estimate of drug-likeness (QED) is 0.791. The second kappa shape index (κ2) is 4.67.